The van der Waals surface area contributed by atoms with Crippen LogP contribution >= 0.6 is 0 Å². The molecule has 0 saturated carbocycles. The summed E-state index contributed by atoms with van der Waals surface area (Å²) in [4.78, 5) is 61.2. The molecule has 2 saturated heterocycles. The third kappa shape index (κ3) is 16.7. The lowest BCUT2D eigenvalue weighted by Crippen LogP contribution is -2.43. The highest BCUT2D eigenvalue weighted by Gasteiger charge is 2.54. The van der Waals surface area contributed by atoms with Crippen molar-refractivity contribution in [1.82, 2.24) is 9.80 Å². The van der Waals surface area contributed by atoms with Crippen molar-refractivity contribution in [3.05, 3.63) is 82.9 Å². The first-order valence-corrected chi connectivity index (χ1v) is 25.6. The first-order valence-electron chi connectivity index (χ1n) is 25.6. The van der Waals surface area contributed by atoms with Gasteiger partial charge in [0, 0.05) is 50.5 Å². The third-order valence-electron chi connectivity index (χ3n) is 13.6. The quantitative estimate of drug-likeness (QED) is 0.0383. The van der Waals surface area contributed by atoms with E-state index in [0.29, 0.717) is 35.7 Å². The van der Waals surface area contributed by atoms with E-state index in [0.717, 1.165) is 55.3 Å². The van der Waals surface area contributed by atoms with Gasteiger partial charge < -0.3 is 77.6 Å². The Kier molecular flexibility index (Phi) is 23.6. The number of likely N-dealkylation sites (N-methyl/N-ethyl adjacent to an activating group) is 2. The molecule has 2 amide bonds. The molecule has 2 fully saturated rings. The SMILES string of the molecule is CC.CN(C)CCN(C)C(=O)OCc1ccc(NC(=O)O)cc1.COc1cc(C2c3cc4c(cc3C(OC3CC(O)CC(COCO)O3)C3COC(=O)C23)OCO4)cc(OC)c1OC=O.C[C@@]1(C(=O)O)CC/C=C/CCC1. The molecule has 0 radical (unpaired) electrons. The standard InChI is InChI=1S/C29H32O13.C14H21N3O4.C10H16O2.C2H6/c1-34-22-3-14(4-23(35-2)28(22)38-12-31)25-17-7-20-21(40-13-39-20)8-18(17)27(19-10-37-29(33)26(19)25)42-24-6-15(32)5-16(41-24)9-36-11-30;1-16(2)8-9-17(3)14(20)21-10-11-4-6-12(7-5-11)15-13(18)19;1-10(9(11)12)7-5-3-2-4-6-8-10;1-2/h3-4,7-8,12,15-16,19,24-27,30,32H,5-6,9-11,13H2,1-2H3;4-7,15H,8-10H2,1-3H3,(H,18,19);2-3H,4-8H2,1H3,(H,11,12);1-2H3/b;;3-2+;/t;;10-;/m..1./s1. The van der Waals surface area contributed by atoms with E-state index in [2.05, 4.69) is 17.5 Å². The zero-order valence-corrected chi connectivity index (χ0v) is 45.1. The number of allylic oxidation sites excluding steroid dienone is 2. The number of anilines is 1. The average Bonchev–Trinajstić information content (AvgIpc) is 4.09. The fourth-order valence-corrected chi connectivity index (χ4v) is 9.51. The summed E-state index contributed by atoms with van der Waals surface area (Å²) in [6.45, 7) is 7.43. The summed E-state index contributed by atoms with van der Waals surface area (Å²) >= 11 is 0. The Morgan fingerprint density at radius 3 is 2.16 bits per heavy atom. The number of carbonyl (C=O) groups is 5. The number of amides is 2. The predicted molar refractivity (Wildman–Crippen MR) is 278 cm³/mol. The number of methoxy groups -OCH3 is 2. The molecule has 77 heavy (non-hydrogen) atoms. The van der Waals surface area contributed by atoms with Crippen LogP contribution in [0.2, 0.25) is 0 Å². The van der Waals surface area contributed by atoms with Gasteiger partial charge in [0.15, 0.2) is 29.3 Å². The largest absolute Gasteiger partial charge is 0.493 e. The van der Waals surface area contributed by atoms with Crippen molar-refractivity contribution >= 4 is 36.3 Å². The maximum Gasteiger partial charge on any atom is 0.409 e. The third-order valence-corrected chi connectivity index (χ3v) is 13.6. The second-order valence-corrected chi connectivity index (χ2v) is 19.1. The maximum absolute atomic E-state index is 13.4. The van der Waals surface area contributed by atoms with Gasteiger partial charge in [-0.3, -0.25) is 19.7 Å². The molecule has 0 bridgehead atoms. The molecule has 3 aromatic rings. The molecule has 3 heterocycles. The number of aliphatic hydroxyl groups excluding tert-OH is 2. The lowest BCUT2D eigenvalue weighted by atomic mass is 9.66. The van der Waals surface area contributed by atoms with Crippen LogP contribution in [0.15, 0.2) is 60.7 Å². The van der Waals surface area contributed by atoms with Gasteiger partial charge in [0.25, 0.3) is 6.47 Å². The van der Waals surface area contributed by atoms with Crippen LogP contribution in [-0.4, -0.2) is 155 Å². The minimum Gasteiger partial charge on any atom is -0.493 e. The molecule has 8 atom stereocenters. The predicted octanol–water partition coefficient (Wildman–Crippen LogP) is 7.32. The van der Waals surface area contributed by atoms with Gasteiger partial charge in [0.1, 0.15) is 13.4 Å². The van der Waals surface area contributed by atoms with E-state index in [4.69, 9.17) is 62.7 Å². The molecule has 424 valence electrons. The molecular weight excluding hydrogens is 1010 g/mol. The van der Waals surface area contributed by atoms with Crippen molar-refractivity contribution in [2.45, 2.75) is 103 Å². The van der Waals surface area contributed by atoms with Crippen LogP contribution in [0.1, 0.15) is 100.0 Å². The zero-order chi connectivity index (χ0) is 56.2. The van der Waals surface area contributed by atoms with Gasteiger partial charge in [-0.25, -0.2) is 9.59 Å². The van der Waals surface area contributed by atoms with Crippen molar-refractivity contribution in [3.63, 3.8) is 0 Å². The second kappa shape index (κ2) is 29.7. The number of nitrogens with one attached hydrogen (secondary N) is 1. The highest BCUT2D eigenvalue weighted by atomic mass is 16.7. The Hall–Kier alpha value is -6.69. The Balaban J connectivity index is 0.000000259. The van der Waals surface area contributed by atoms with Crippen LogP contribution in [-0.2, 0) is 44.7 Å². The van der Waals surface area contributed by atoms with Crippen molar-refractivity contribution in [2.75, 3.05) is 80.6 Å². The lowest BCUT2D eigenvalue weighted by Gasteiger charge is -2.42. The van der Waals surface area contributed by atoms with Crippen molar-refractivity contribution in [1.29, 1.82) is 0 Å². The number of fused-ring (bicyclic) bond motifs is 3. The van der Waals surface area contributed by atoms with Crippen LogP contribution in [0.5, 0.6) is 28.7 Å². The normalized spacial score (nSPS) is 24.1. The van der Waals surface area contributed by atoms with Crippen LogP contribution in [0, 0.1) is 17.3 Å². The summed E-state index contributed by atoms with van der Waals surface area (Å²) in [5, 5.41) is 39.4. The summed E-state index contributed by atoms with van der Waals surface area (Å²) in [6.07, 6.45) is 5.18. The molecule has 22 heteroatoms. The lowest BCUT2D eigenvalue weighted by molar-refractivity contribution is -0.254. The summed E-state index contributed by atoms with van der Waals surface area (Å²) in [5.41, 5.74) is 2.95. The van der Waals surface area contributed by atoms with Crippen LogP contribution in [0.4, 0.5) is 15.3 Å². The van der Waals surface area contributed by atoms with E-state index in [1.807, 2.05) is 51.9 Å². The number of cyclic esters (lactones) is 1. The van der Waals surface area contributed by atoms with Gasteiger partial charge in [0.05, 0.1) is 57.1 Å². The Labute approximate surface area is 449 Å². The van der Waals surface area contributed by atoms with Gasteiger partial charge in [-0.2, -0.15) is 0 Å². The molecule has 5 N–H and O–H groups in total. The number of aliphatic hydroxyl groups is 2. The highest BCUT2D eigenvalue weighted by molar-refractivity contribution is 5.83. The molecule has 0 aromatic heterocycles. The van der Waals surface area contributed by atoms with E-state index in [9.17, 15) is 29.1 Å². The van der Waals surface area contributed by atoms with Crippen LogP contribution < -0.4 is 29.0 Å². The van der Waals surface area contributed by atoms with Crippen molar-refractivity contribution < 1.29 is 91.8 Å². The molecular formula is C55H75N3O19. The molecule has 2 aliphatic carbocycles. The van der Waals surface area contributed by atoms with Crippen LogP contribution in [0.3, 0.4) is 0 Å². The highest BCUT2D eigenvalue weighted by Crippen LogP contribution is 2.57. The average molecular weight is 1080 g/mol. The Bertz CT molecular complexity index is 2430. The van der Waals surface area contributed by atoms with E-state index in [-0.39, 0.29) is 62.8 Å². The van der Waals surface area contributed by atoms with Gasteiger partial charge in [0.2, 0.25) is 12.5 Å². The summed E-state index contributed by atoms with van der Waals surface area (Å²) < 4.78 is 56.1. The van der Waals surface area contributed by atoms with E-state index < -0.39 is 72.6 Å². The molecule has 7 unspecified atom stereocenters. The number of hydrogen-bond donors (Lipinski definition) is 5. The second-order valence-electron chi connectivity index (χ2n) is 19.1. The number of esters is 1. The van der Waals surface area contributed by atoms with Crippen molar-refractivity contribution in [3.8, 4) is 28.7 Å². The monoisotopic (exact) mass is 1080 g/mol. The van der Waals surface area contributed by atoms with Gasteiger partial charge in [-0.15, -0.1) is 0 Å². The minimum atomic E-state index is -1.11. The first-order chi connectivity index (χ1) is 37.0. The number of hydrogen-bond acceptors (Lipinski definition) is 18. The fourth-order valence-electron chi connectivity index (χ4n) is 9.51. The summed E-state index contributed by atoms with van der Waals surface area (Å²) in [6, 6.07) is 13.7. The Morgan fingerprint density at radius 1 is 0.883 bits per heavy atom. The molecule has 22 nitrogen and oxygen atoms in total. The molecule has 3 aliphatic heterocycles. The fraction of sp³-hybridized carbons (Fsp3) is 0.545. The molecule has 5 aliphatic rings. The van der Waals surface area contributed by atoms with E-state index in [1.165, 1.54) is 19.1 Å². The molecule has 8 rings (SSSR count). The number of aliphatic carboxylic acids is 1. The van der Waals surface area contributed by atoms with Gasteiger partial charge in [-0.1, -0.05) is 38.1 Å². The maximum atomic E-state index is 13.4. The van der Waals surface area contributed by atoms with E-state index in [1.54, 1.807) is 43.4 Å². The number of nitrogens with zero attached hydrogens (tertiary/aromatic N) is 2. The van der Waals surface area contributed by atoms with Crippen LogP contribution in [0.25, 0.3) is 0 Å². The minimum absolute atomic E-state index is 0.0488. The molecule has 0 spiro atoms. The summed E-state index contributed by atoms with van der Waals surface area (Å²) in [7, 11) is 8.44. The number of carboxylic acid groups (broad SMARTS) is 2. The number of carbonyl (C=O) groups excluding carboxylic acids is 3. The smallest absolute Gasteiger partial charge is 0.409 e. The first kappa shape index (κ1) is 61.2. The Morgan fingerprint density at radius 2 is 1.55 bits per heavy atom. The molecule has 3 aromatic carbocycles. The summed E-state index contributed by atoms with van der Waals surface area (Å²) in [5.74, 6) is -0.997. The van der Waals surface area contributed by atoms with Gasteiger partial charge >= 0.3 is 24.1 Å². The van der Waals surface area contributed by atoms with Crippen molar-refractivity contribution in [2.24, 2.45) is 17.3 Å². The topological polar surface area (TPSA) is 277 Å². The number of carboxylic acids is 1. The zero-order valence-electron chi connectivity index (χ0n) is 45.1. The number of ether oxygens (including phenoxy) is 10. The number of rotatable bonds is 17. The van der Waals surface area contributed by atoms with E-state index >= 15 is 0 Å². The number of benzene rings is 3. The van der Waals surface area contributed by atoms with Gasteiger partial charge in [-0.05, 0) is 112 Å².